The lowest BCUT2D eigenvalue weighted by molar-refractivity contribution is 0.0997. The summed E-state index contributed by atoms with van der Waals surface area (Å²) in [7, 11) is 1.82. The second-order valence-electron chi connectivity index (χ2n) is 5.73. The van der Waals surface area contributed by atoms with E-state index in [2.05, 4.69) is 25.1 Å². The Kier molecular flexibility index (Phi) is 4.30. The van der Waals surface area contributed by atoms with Crippen LogP contribution in [-0.2, 0) is 0 Å². The second kappa shape index (κ2) is 6.39. The quantitative estimate of drug-likeness (QED) is 0.640. The fourth-order valence-electron chi connectivity index (χ4n) is 2.46. The topological polar surface area (TPSA) is 20.3 Å². The van der Waals surface area contributed by atoms with Gasteiger partial charge in [0.25, 0.3) is 5.91 Å². The zero-order chi connectivity index (χ0) is 16.4. The van der Waals surface area contributed by atoms with Crippen molar-refractivity contribution < 1.29 is 4.79 Å². The maximum Gasteiger partial charge on any atom is 0.268 e. The van der Waals surface area contributed by atoms with Gasteiger partial charge in [-0.15, -0.1) is 11.3 Å². The number of hydrogen-bond donors (Lipinski definition) is 0. The molecule has 2 aromatic carbocycles. The highest BCUT2D eigenvalue weighted by Gasteiger charge is 2.16. The van der Waals surface area contributed by atoms with E-state index in [0.717, 1.165) is 21.0 Å². The predicted molar refractivity (Wildman–Crippen MR) is 98.4 cm³/mol. The third kappa shape index (κ3) is 3.35. The fraction of sp³-hybridized carbons (Fsp3) is 0.150. The molecule has 3 aromatic rings. The number of hydrogen-bond acceptors (Lipinski definition) is 2. The molecule has 2 nitrogen and oxygen atoms in total. The molecule has 1 amide bonds. The number of anilines is 1. The molecule has 0 aliphatic carbocycles. The molecule has 1 heterocycles. The normalized spacial score (nSPS) is 10.6. The molecule has 0 N–H and O–H groups in total. The van der Waals surface area contributed by atoms with Crippen LogP contribution in [0.15, 0.2) is 60.7 Å². The first-order valence-corrected chi connectivity index (χ1v) is 8.38. The lowest BCUT2D eigenvalue weighted by Gasteiger charge is -2.16. The summed E-state index contributed by atoms with van der Waals surface area (Å²) in [6.45, 7) is 4.12. The molecule has 0 aliphatic rings. The Morgan fingerprint density at radius 2 is 1.65 bits per heavy atom. The van der Waals surface area contributed by atoms with E-state index in [0.29, 0.717) is 0 Å². The fourth-order valence-corrected chi connectivity index (χ4v) is 3.44. The van der Waals surface area contributed by atoms with Gasteiger partial charge in [0.15, 0.2) is 0 Å². The molecule has 0 spiro atoms. The lowest BCUT2D eigenvalue weighted by Crippen LogP contribution is -2.25. The number of rotatable bonds is 3. The Balaban J connectivity index is 1.84. The van der Waals surface area contributed by atoms with Crippen molar-refractivity contribution in [3.05, 3.63) is 76.7 Å². The predicted octanol–water partition coefficient (Wildman–Crippen LogP) is 5.31. The zero-order valence-electron chi connectivity index (χ0n) is 13.5. The van der Waals surface area contributed by atoms with Gasteiger partial charge in [-0.25, -0.2) is 0 Å². The molecule has 0 saturated heterocycles. The highest BCUT2D eigenvalue weighted by atomic mass is 32.1. The minimum atomic E-state index is 0.0257. The van der Waals surface area contributed by atoms with Crippen LogP contribution in [-0.4, -0.2) is 13.0 Å². The summed E-state index contributed by atoms with van der Waals surface area (Å²) in [6, 6.07) is 20.3. The molecule has 0 unspecified atom stereocenters. The van der Waals surface area contributed by atoms with Crippen LogP contribution in [0.25, 0.3) is 10.4 Å². The van der Waals surface area contributed by atoms with E-state index < -0.39 is 0 Å². The summed E-state index contributed by atoms with van der Waals surface area (Å²) in [5.74, 6) is 0.0257. The first-order chi connectivity index (χ1) is 11.0. The van der Waals surface area contributed by atoms with Gasteiger partial charge in [-0.1, -0.05) is 47.5 Å². The Labute approximate surface area is 141 Å². The van der Waals surface area contributed by atoms with E-state index in [1.165, 1.54) is 22.5 Å². The molecule has 3 heteroatoms. The molecule has 0 atom stereocenters. The van der Waals surface area contributed by atoms with Crippen molar-refractivity contribution in [1.82, 2.24) is 0 Å². The molecule has 0 radical (unpaired) electrons. The van der Waals surface area contributed by atoms with Crippen molar-refractivity contribution >= 4 is 22.9 Å². The van der Waals surface area contributed by atoms with Gasteiger partial charge in [-0.2, -0.15) is 0 Å². The summed E-state index contributed by atoms with van der Waals surface area (Å²) in [5, 5.41) is 0. The highest BCUT2D eigenvalue weighted by molar-refractivity contribution is 7.17. The Morgan fingerprint density at radius 1 is 0.913 bits per heavy atom. The van der Waals surface area contributed by atoms with Crippen LogP contribution in [0.1, 0.15) is 20.8 Å². The first-order valence-electron chi connectivity index (χ1n) is 7.56. The molecule has 0 bridgehead atoms. The number of amides is 1. The van der Waals surface area contributed by atoms with Crippen molar-refractivity contribution in [2.45, 2.75) is 13.8 Å². The number of aryl methyl sites for hydroxylation is 2. The third-order valence-corrected chi connectivity index (χ3v) is 4.97. The Bertz CT molecular complexity index is 833. The van der Waals surface area contributed by atoms with Gasteiger partial charge in [0, 0.05) is 17.6 Å². The van der Waals surface area contributed by atoms with E-state index in [4.69, 9.17) is 0 Å². The van der Waals surface area contributed by atoms with Gasteiger partial charge >= 0.3 is 0 Å². The first kappa shape index (κ1) is 15.5. The zero-order valence-corrected chi connectivity index (χ0v) is 14.4. The number of benzene rings is 2. The maximum absolute atomic E-state index is 12.7. The van der Waals surface area contributed by atoms with Gasteiger partial charge in [0.1, 0.15) is 0 Å². The van der Waals surface area contributed by atoms with Crippen LogP contribution in [0.2, 0.25) is 0 Å². The van der Waals surface area contributed by atoms with Crippen LogP contribution in [0, 0.1) is 13.8 Å². The summed E-state index contributed by atoms with van der Waals surface area (Å²) in [6.07, 6.45) is 0. The molecule has 0 aliphatic heterocycles. The average molecular weight is 321 g/mol. The Morgan fingerprint density at radius 3 is 2.35 bits per heavy atom. The Hall–Kier alpha value is -2.39. The minimum absolute atomic E-state index is 0.0257. The minimum Gasteiger partial charge on any atom is -0.311 e. The summed E-state index contributed by atoms with van der Waals surface area (Å²) in [4.78, 5) is 16.3. The van der Waals surface area contributed by atoms with Crippen molar-refractivity contribution in [2.24, 2.45) is 0 Å². The number of thiophene rings is 1. The number of carbonyl (C=O) groups is 1. The standard InChI is InChI=1S/C20H19NOS/c1-14-7-9-17(10-8-14)21(3)20(22)19-12-11-18(23-19)16-6-4-5-15(2)13-16/h4-13H,1-3H3. The molecule has 0 fully saturated rings. The van der Waals surface area contributed by atoms with E-state index in [1.54, 1.807) is 4.90 Å². The van der Waals surface area contributed by atoms with Crippen molar-refractivity contribution in [2.75, 3.05) is 11.9 Å². The van der Waals surface area contributed by atoms with Crippen LogP contribution in [0.3, 0.4) is 0 Å². The lowest BCUT2D eigenvalue weighted by atomic mass is 10.1. The molecular formula is C20H19NOS. The van der Waals surface area contributed by atoms with Gasteiger partial charge in [0.2, 0.25) is 0 Å². The monoisotopic (exact) mass is 321 g/mol. The largest absolute Gasteiger partial charge is 0.311 e. The van der Waals surface area contributed by atoms with Gasteiger partial charge in [0.05, 0.1) is 4.88 Å². The molecule has 116 valence electrons. The highest BCUT2D eigenvalue weighted by Crippen LogP contribution is 2.30. The van der Waals surface area contributed by atoms with E-state index in [1.807, 2.05) is 56.4 Å². The van der Waals surface area contributed by atoms with E-state index in [9.17, 15) is 4.79 Å². The van der Waals surface area contributed by atoms with Gasteiger partial charge in [-0.05, 0) is 43.7 Å². The maximum atomic E-state index is 12.7. The summed E-state index contributed by atoms with van der Waals surface area (Å²) in [5.41, 5.74) is 4.48. The molecule has 0 saturated carbocycles. The van der Waals surface area contributed by atoms with E-state index >= 15 is 0 Å². The van der Waals surface area contributed by atoms with Crippen molar-refractivity contribution in [3.8, 4) is 10.4 Å². The van der Waals surface area contributed by atoms with Gasteiger partial charge in [-0.3, -0.25) is 4.79 Å². The number of carbonyl (C=O) groups excluding carboxylic acids is 1. The third-order valence-electron chi connectivity index (χ3n) is 3.85. The van der Waals surface area contributed by atoms with Crippen LogP contribution in [0.5, 0.6) is 0 Å². The van der Waals surface area contributed by atoms with Crippen LogP contribution < -0.4 is 4.90 Å². The molecular weight excluding hydrogens is 302 g/mol. The van der Waals surface area contributed by atoms with Crippen molar-refractivity contribution in [3.63, 3.8) is 0 Å². The van der Waals surface area contributed by atoms with Crippen LogP contribution in [0.4, 0.5) is 5.69 Å². The second-order valence-corrected chi connectivity index (χ2v) is 6.82. The average Bonchev–Trinajstić information content (AvgIpc) is 3.04. The SMILES string of the molecule is Cc1ccc(N(C)C(=O)c2ccc(-c3cccc(C)c3)s2)cc1. The molecule has 1 aromatic heterocycles. The molecule has 3 rings (SSSR count). The van der Waals surface area contributed by atoms with E-state index in [-0.39, 0.29) is 5.91 Å². The van der Waals surface area contributed by atoms with Gasteiger partial charge < -0.3 is 4.90 Å². The van der Waals surface area contributed by atoms with Crippen LogP contribution >= 0.6 is 11.3 Å². The summed E-state index contributed by atoms with van der Waals surface area (Å²) < 4.78 is 0. The smallest absolute Gasteiger partial charge is 0.268 e. The summed E-state index contributed by atoms with van der Waals surface area (Å²) >= 11 is 1.54. The number of nitrogens with zero attached hydrogens (tertiary/aromatic N) is 1. The van der Waals surface area contributed by atoms with Crippen molar-refractivity contribution in [1.29, 1.82) is 0 Å². The molecule has 23 heavy (non-hydrogen) atoms.